The highest BCUT2D eigenvalue weighted by molar-refractivity contribution is 5.09. The summed E-state index contributed by atoms with van der Waals surface area (Å²) in [6.45, 7) is 6.67. The number of hydrogen-bond donors (Lipinski definition) is 1. The third-order valence-electron chi connectivity index (χ3n) is 4.29. The second kappa shape index (κ2) is 7.01. The fourth-order valence-corrected chi connectivity index (χ4v) is 3.23. The second-order valence-electron chi connectivity index (χ2n) is 5.92. The second-order valence-corrected chi connectivity index (χ2v) is 5.92. The highest BCUT2D eigenvalue weighted by atomic mass is 15.2. The minimum absolute atomic E-state index is 0.646. The van der Waals surface area contributed by atoms with E-state index in [4.69, 9.17) is 0 Å². The summed E-state index contributed by atoms with van der Waals surface area (Å²) < 4.78 is 0. The molecule has 3 unspecified atom stereocenters. The van der Waals surface area contributed by atoms with Crippen molar-refractivity contribution < 1.29 is 0 Å². The van der Waals surface area contributed by atoms with Crippen molar-refractivity contribution in [2.45, 2.75) is 51.7 Å². The molecule has 1 heterocycles. The molecule has 1 aliphatic carbocycles. The summed E-state index contributed by atoms with van der Waals surface area (Å²) in [5, 5.41) is 3.67. The minimum atomic E-state index is 0.646. The maximum atomic E-state index is 4.09. The summed E-state index contributed by atoms with van der Waals surface area (Å²) in [7, 11) is 2.26. The summed E-state index contributed by atoms with van der Waals surface area (Å²) in [5.41, 5.74) is 1.35. The molecular formula is C16H27N3. The zero-order valence-electron chi connectivity index (χ0n) is 12.5. The monoisotopic (exact) mass is 261 g/mol. The Hall–Kier alpha value is -0.930. The maximum Gasteiger partial charge on any atom is 0.0271 e. The van der Waals surface area contributed by atoms with Gasteiger partial charge in [-0.3, -0.25) is 9.88 Å². The molecule has 19 heavy (non-hydrogen) atoms. The van der Waals surface area contributed by atoms with Crippen LogP contribution in [0.15, 0.2) is 24.5 Å². The zero-order chi connectivity index (χ0) is 13.7. The summed E-state index contributed by atoms with van der Waals surface area (Å²) in [5.74, 6) is 0.847. The van der Waals surface area contributed by atoms with Crippen LogP contribution in [0.3, 0.4) is 0 Å². The molecular weight excluding hydrogens is 234 g/mol. The SMILES string of the molecule is CCNC1CCC(C)CC1N(C)Cc1ccncc1. The van der Waals surface area contributed by atoms with E-state index in [2.05, 4.69) is 48.2 Å². The van der Waals surface area contributed by atoms with Gasteiger partial charge in [-0.05, 0) is 56.5 Å². The van der Waals surface area contributed by atoms with Crippen LogP contribution in [0.1, 0.15) is 38.7 Å². The van der Waals surface area contributed by atoms with E-state index in [0.29, 0.717) is 12.1 Å². The van der Waals surface area contributed by atoms with Crippen molar-refractivity contribution in [3.63, 3.8) is 0 Å². The van der Waals surface area contributed by atoms with Gasteiger partial charge in [0.15, 0.2) is 0 Å². The third-order valence-corrected chi connectivity index (χ3v) is 4.29. The van der Waals surface area contributed by atoms with Crippen LogP contribution in [-0.2, 0) is 6.54 Å². The van der Waals surface area contributed by atoms with Gasteiger partial charge in [0.05, 0.1) is 0 Å². The van der Waals surface area contributed by atoms with Gasteiger partial charge >= 0.3 is 0 Å². The van der Waals surface area contributed by atoms with Crippen molar-refractivity contribution in [2.75, 3.05) is 13.6 Å². The molecule has 1 aromatic rings. The van der Waals surface area contributed by atoms with E-state index in [1.807, 2.05) is 12.4 Å². The van der Waals surface area contributed by atoms with Gasteiger partial charge in [-0.2, -0.15) is 0 Å². The Morgan fingerprint density at radius 3 is 2.74 bits per heavy atom. The van der Waals surface area contributed by atoms with Gasteiger partial charge in [-0.1, -0.05) is 13.8 Å². The number of pyridine rings is 1. The standard InChI is InChI=1S/C16H27N3/c1-4-18-15-6-5-13(2)11-16(15)19(3)12-14-7-9-17-10-8-14/h7-10,13,15-16,18H,4-6,11-12H2,1-3H3. The Labute approximate surface area is 117 Å². The highest BCUT2D eigenvalue weighted by Gasteiger charge is 2.30. The Balaban J connectivity index is 1.99. The Bertz CT molecular complexity index is 366. The smallest absolute Gasteiger partial charge is 0.0271 e. The molecule has 2 rings (SSSR count). The lowest BCUT2D eigenvalue weighted by Gasteiger charge is -2.41. The van der Waals surface area contributed by atoms with Crippen LogP contribution in [0.5, 0.6) is 0 Å². The molecule has 0 amide bonds. The quantitative estimate of drug-likeness (QED) is 0.883. The Morgan fingerprint density at radius 2 is 2.05 bits per heavy atom. The fraction of sp³-hybridized carbons (Fsp3) is 0.688. The minimum Gasteiger partial charge on any atom is -0.313 e. The Morgan fingerprint density at radius 1 is 1.32 bits per heavy atom. The van der Waals surface area contributed by atoms with Crippen LogP contribution in [0.25, 0.3) is 0 Å². The van der Waals surface area contributed by atoms with Crippen LogP contribution >= 0.6 is 0 Å². The van der Waals surface area contributed by atoms with Crippen LogP contribution in [-0.4, -0.2) is 35.6 Å². The first kappa shape index (κ1) is 14.5. The maximum absolute atomic E-state index is 4.09. The number of hydrogen-bond acceptors (Lipinski definition) is 3. The predicted octanol–water partition coefficient (Wildman–Crippen LogP) is 2.68. The normalized spacial score (nSPS) is 27.7. The van der Waals surface area contributed by atoms with Gasteiger partial charge < -0.3 is 5.32 Å². The van der Waals surface area contributed by atoms with Crippen molar-refractivity contribution in [1.82, 2.24) is 15.2 Å². The lowest BCUT2D eigenvalue weighted by atomic mass is 9.82. The summed E-state index contributed by atoms with van der Waals surface area (Å²) in [6.07, 6.45) is 7.74. The third kappa shape index (κ3) is 4.02. The molecule has 1 N–H and O–H groups in total. The van der Waals surface area contributed by atoms with E-state index in [1.165, 1.54) is 24.8 Å². The number of rotatable bonds is 5. The molecule has 3 atom stereocenters. The number of nitrogens with one attached hydrogen (secondary N) is 1. The van der Waals surface area contributed by atoms with Crippen LogP contribution in [0.2, 0.25) is 0 Å². The first-order chi connectivity index (χ1) is 9.20. The van der Waals surface area contributed by atoms with E-state index >= 15 is 0 Å². The van der Waals surface area contributed by atoms with Crippen LogP contribution < -0.4 is 5.32 Å². The van der Waals surface area contributed by atoms with Gasteiger partial charge in [-0.25, -0.2) is 0 Å². The first-order valence-electron chi connectivity index (χ1n) is 7.53. The summed E-state index contributed by atoms with van der Waals surface area (Å²) in [4.78, 5) is 6.60. The van der Waals surface area contributed by atoms with Crippen molar-refractivity contribution in [2.24, 2.45) is 5.92 Å². The molecule has 1 aliphatic rings. The topological polar surface area (TPSA) is 28.2 Å². The predicted molar refractivity (Wildman–Crippen MR) is 80.0 cm³/mol. The van der Waals surface area contributed by atoms with Crippen LogP contribution in [0.4, 0.5) is 0 Å². The van der Waals surface area contributed by atoms with Gasteiger partial charge in [0.2, 0.25) is 0 Å². The lowest BCUT2D eigenvalue weighted by molar-refractivity contribution is 0.120. The lowest BCUT2D eigenvalue weighted by Crippen LogP contribution is -2.51. The summed E-state index contributed by atoms with van der Waals surface area (Å²) in [6, 6.07) is 5.53. The highest BCUT2D eigenvalue weighted by Crippen LogP contribution is 2.28. The number of likely N-dealkylation sites (N-methyl/N-ethyl adjacent to an activating group) is 2. The van der Waals surface area contributed by atoms with Crippen molar-refractivity contribution in [3.05, 3.63) is 30.1 Å². The fourth-order valence-electron chi connectivity index (χ4n) is 3.23. The van der Waals surface area contributed by atoms with Gasteiger partial charge in [-0.15, -0.1) is 0 Å². The van der Waals surface area contributed by atoms with E-state index < -0.39 is 0 Å². The van der Waals surface area contributed by atoms with Gasteiger partial charge in [0.25, 0.3) is 0 Å². The molecule has 0 radical (unpaired) electrons. The average molecular weight is 261 g/mol. The molecule has 0 saturated heterocycles. The average Bonchev–Trinajstić information content (AvgIpc) is 2.42. The van der Waals surface area contributed by atoms with E-state index in [0.717, 1.165) is 19.0 Å². The van der Waals surface area contributed by atoms with Crippen molar-refractivity contribution >= 4 is 0 Å². The zero-order valence-corrected chi connectivity index (χ0v) is 12.5. The van der Waals surface area contributed by atoms with E-state index in [1.54, 1.807) is 0 Å². The molecule has 1 fully saturated rings. The molecule has 3 nitrogen and oxygen atoms in total. The molecule has 3 heteroatoms. The molecule has 106 valence electrons. The molecule has 0 spiro atoms. The largest absolute Gasteiger partial charge is 0.313 e. The van der Waals surface area contributed by atoms with Gasteiger partial charge in [0.1, 0.15) is 0 Å². The van der Waals surface area contributed by atoms with E-state index in [-0.39, 0.29) is 0 Å². The Kier molecular flexibility index (Phi) is 5.34. The number of nitrogens with zero attached hydrogens (tertiary/aromatic N) is 2. The summed E-state index contributed by atoms with van der Waals surface area (Å²) >= 11 is 0. The van der Waals surface area contributed by atoms with Crippen LogP contribution in [0, 0.1) is 5.92 Å². The molecule has 1 aromatic heterocycles. The first-order valence-corrected chi connectivity index (χ1v) is 7.53. The molecule has 0 aromatic carbocycles. The molecule has 0 aliphatic heterocycles. The van der Waals surface area contributed by atoms with Gasteiger partial charge in [0, 0.05) is 31.0 Å². The number of aromatic nitrogens is 1. The molecule has 1 saturated carbocycles. The van der Waals surface area contributed by atoms with Crippen molar-refractivity contribution in [1.29, 1.82) is 0 Å². The van der Waals surface area contributed by atoms with E-state index in [9.17, 15) is 0 Å². The molecule has 0 bridgehead atoms. The van der Waals surface area contributed by atoms with Crippen molar-refractivity contribution in [3.8, 4) is 0 Å².